The molecule has 3 aromatic rings. The summed E-state index contributed by atoms with van der Waals surface area (Å²) in [4.78, 5) is 2.37. The second-order valence-electron chi connectivity index (χ2n) is 6.12. The first-order valence-electron chi connectivity index (χ1n) is 8.11. The Morgan fingerprint density at radius 2 is 1.92 bits per heavy atom. The average Bonchev–Trinajstić information content (AvgIpc) is 3.11. The van der Waals surface area contributed by atoms with Crippen molar-refractivity contribution in [1.29, 1.82) is 0 Å². The van der Waals surface area contributed by atoms with Crippen LogP contribution >= 0.6 is 11.6 Å². The Morgan fingerprint density at radius 3 is 2.75 bits per heavy atom. The molecule has 24 heavy (non-hydrogen) atoms. The minimum Gasteiger partial charge on any atom is -0.419 e. The van der Waals surface area contributed by atoms with E-state index in [1.165, 1.54) is 11.1 Å². The Kier molecular flexibility index (Phi) is 4.08. The quantitative estimate of drug-likeness (QED) is 0.704. The van der Waals surface area contributed by atoms with E-state index < -0.39 is 0 Å². The third-order valence-corrected chi connectivity index (χ3v) is 4.81. The molecule has 2 heterocycles. The summed E-state index contributed by atoms with van der Waals surface area (Å²) in [5, 5.41) is 9.10. The van der Waals surface area contributed by atoms with E-state index in [2.05, 4.69) is 46.3 Å². The lowest BCUT2D eigenvalue weighted by molar-refractivity contribution is 0.167. The van der Waals surface area contributed by atoms with E-state index in [1.807, 2.05) is 24.3 Å². The van der Waals surface area contributed by atoms with Gasteiger partial charge in [-0.05, 0) is 42.7 Å². The van der Waals surface area contributed by atoms with Crippen LogP contribution < -0.4 is 0 Å². The van der Waals surface area contributed by atoms with Gasteiger partial charge in [0.1, 0.15) is 0 Å². The molecule has 1 aliphatic rings. The molecule has 0 saturated heterocycles. The van der Waals surface area contributed by atoms with Gasteiger partial charge in [-0.2, -0.15) is 0 Å². The van der Waals surface area contributed by atoms with Crippen LogP contribution in [0.3, 0.4) is 0 Å². The van der Waals surface area contributed by atoms with Gasteiger partial charge < -0.3 is 4.42 Å². The molecule has 0 amide bonds. The van der Waals surface area contributed by atoms with Gasteiger partial charge in [-0.1, -0.05) is 41.9 Å². The van der Waals surface area contributed by atoms with Crippen molar-refractivity contribution in [2.24, 2.45) is 0 Å². The van der Waals surface area contributed by atoms with E-state index in [0.29, 0.717) is 16.8 Å². The summed E-state index contributed by atoms with van der Waals surface area (Å²) in [5.41, 5.74) is 3.66. The molecule has 0 fully saturated rings. The summed E-state index contributed by atoms with van der Waals surface area (Å²) >= 11 is 6.04. The van der Waals surface area contributed by atoms with Gasteiger partial charge in [0.15, 0.2) is 0 Å². The van der Waals surface area contributed by atoms with Crippen molar-refractivity contribution in [1.82, 2.24) is 15.1 Å². The topological polar surface area (TPSA) is 42.2 Å². The van der Waals surface area contributed by atoms with Crippen LogP contribution in [-0.4, -0.2) is 21.6 Å². The van der Waals surface area contributed by atoms with Crippen LogP contribution in [0.4, 0.5) is 0 Å². The molecular weight excluding hydrogens is 322 g/mol. The van der Waals surface area contributed by atoms with Gasteiger partial charge in [0.05, 0.1) is 6.04 Å². The number of hydrogen-bond donors (Lipinski definition) is 0. The summed E-state index contributed by atoms with van der Waals surface area (Å²) < 4.78 is 5.91. The third kappa shape index (κ3) is 2.95. The zero-order valence-electron chi connectivity index (χ0n) is 13.4. The molecule has 1 aliphatic heterocycles. The van der Waals surface area contributed by atoms with E-state index >= 15 is 0 Å². The molecule has 1 unspecified atom stereocenters. The minimum atomic E-state index is 0.0822. The fraction of sp³-hybridized carbons (Fsp3) is 0.263. The average molecular weight is 340 g/mol. The molecule has 0 saturated carbocycles. The van der Waals surface area contributed by atoms with E-state index in [1.54, 1.807) is 0 Å². The van der Waals surface area contributed by atoms with E-state index in [0.717, 1.165) is 25.1 Å². The predicted octanol–water partition coefficient (Wildman–Crippen LogP) is 4.51. The van der Waals surface area contributed by atoms with Crippen LogP contribution in [0, 0.1) is 0 Å². The van der Waals surface area contributed by atoms with Crippen LogP contribution in [0.15, 0.2) is 52.9 Å². The molecule has 0 aliphatic carbocycles. The Balaban J connectivity index is 1.55. The molecule has 4 nitrogen and oxygen atoms in total. The third-order valence-electron chi connectivity index (χ3n) is 4.58. The number of aromatic nitrogens is 2. The molecule has 0 N–H and O–H groups in total. The fourth-order valence-corrected chi connectivity index (χ4v) is 3.34. The number of halogens is 1. The van der Waals surface area contributed by atoms with Gasteiger partial charge >= 0.3 is 0 Å². The fourth-order valence-electron chi connectivity index (χ4n) is 3.15. The molecule has 0 radical (unpaired) electrons. The van der Waals surface area contributed by atoms with Crippen molar-refractivity contribution >= 4 is 11.6 Å². The van der Waals surface area contributed by atoms with Crippen LogP contribution in [0.2, 0.25) is 5.02 Å². The summed E-state index contributed by atoms with van der Waals surface area (Å²) in [6, 6.07) is 16.2. The van der Waals surface area contributed by atoms with Crippen LogP contribution in [0.25, 0.3) is 11.5 Å². The van der Waals surface area contributed by atoms with Gasteiger partial charge in [-0.3, -0.25) is 4.90 Å². The zero-order valence-corrected chi connectivity index (χ0v) is 14.2. The number of benzene rings is 2. The highest BCUT2D eigenvalue weighted by atomic mass is 35.5. The number of hydrogen-bond acceptors (Lipinski definition) is 4. The molecule has 5 heteroatoms. The number of rotatable bonds is 3. The van der Waals surface area contributed by atoms with E-state index in [-0.39, 0.29) is 6.04 Å². The largest absolute Gasteiger partial charge is 0.419 e. The molecule has 4 rings (SSSR count). The summed E-state index contributed by atoms with van der Waals surface area (Å²) in [6.45, 7) is 4.02. The maximum atomic E-state index is 6.04. The Hall–Kier alpha value is -2.17. The molecule has 0 bridgehead atoms. The zero-order chi connectivity index (χ0) is 16.5. The number of nitrogens with zero attached hydrogens (tertiary/aromatic N) is 3. The van der Waals surface area contributed by atoms with Gasteiger partial charge in [0.2, 0.25) is 11.8 Å². The first-order chi connectivity index (χ1) is 11.7. The second kappa shape index (κ2) is 6.38. The lowest BCUT2D eigenvalue weighted by Gasteiger charge is -2.31. The minimum absolute atomic E-state index is 0.0822. The molecule has 0 spiro atoms. The van der Waals surface area contributed by atoms with Crippen molar-refractivity contribution in [2.75, 3.05) is 6.54 Å². The second-order valence-corrected chi connectivity index (χ2v) is 6.56. The Bertz CT molecular complexity index is 861. The Morgan fingerprint density at radius 1 is 1.08 bits per heavy atom. The standard InChI is InChI=1S/C19H18ClN3O/c1-13(23-10-9-14-5-2-3-6-16(14)12-23)18-21-22-19(24-18)15-7-4-8-17(20)11-15/h2-8,11,13H,9-10,12H2,1H3. The lowest BCUT2D eigenvalue weighted by atomic mass is 9.99. The highest BCUT2D eigenvalue weighted by Crippen LogP contribution is 2.29. The molecule has 2 aromatic carbocycles. The van der Waals surface area contributed by atoms with Crippen LogP contribution in [0.5, 0.6) is 0 Å². The van der Waals surface area contributed by atoms with Crippen molar-refractivity contribution in [3.63, 3.8) is 0 Å². The normalized spacial score (nSPS) is 15.9. The smallest absolute Gasteiger partial charge is 0.247 e. The van der Waals surface area contributed by atoms with Gasteiger partial charge in [-0.15, -0.1) is 10.2 Å². The summed E-state index contributed by atoms with van der Waals surface area (Å²) in [7, 11) is 0. The first kappa shape index (κ1) is 15.4. The van der Waals surface area contributed by atoms with Gasteiger partial charge in [0, 0.05) is 23.7 Å². The van der Waals surface area contributed by atoms with Gasteiger partial charge in [-0.25, -0.2) is 0 Å². The molecular formula is C19H18ClN3O. The molecule has 122 valence electrons. The van der Waals surface area contributed by atoms with Crippen molar-refractivity contribution in [3.05, 3.63) is 70.6 Å². The lowest BCUT2D eigenvalue weighted by Crippen LogP contribution is -2.33. The van der Waals surface area contributed by atoms with Crippen LogP contribution in [-0.2, 0) is 13.0 Å². The van der Waals surface area contributed by atoms with E-state index in [4.69, 9.17) is 16.0 Å². The predicted molar refractivity (Wildman–Crippen MR) is 93.7 cm³/mol. The van der Waals surface area contributed by atoms with Crippen molar-refractivity contribution in [2.45, 2.75) is 25.9 Å². The summed E-state index contributed by atoms with van der Waals surface area (Å²) in [6.07, 6.45) is 1.05. The highest BCUT2D eigenvalue weighted by molar-refractivity contribution is 6.30. The van der Waals surface area contributed by atoms with Gasteiger partial charge in [0.25, 0.3) is 0 Å². The Labute approximate surface area is 146 Å². The van der Waals surface area contributed by atoms with E-state index in [9.17, 15) is 0 Å². The molecule has 1 atom stereocenters. The first-order valence-corrected chi connectivity index (χ1v) is 8.48. The van der Waals surface area contributed by atoms with Crippen LogP contribution in [0.1, 0.15) is 30.0 Å². The molecule has 1 aromatic heterocycles. The maximum absolute atomic E-state index is 6.04. The number of fused-ring (bicyclic) bond motifs is 1. The summed E-state index contributed by atoms with van der Waals surface area (Å²) in [5.74, 6) is 1.15. The van der Waals surface area contributed by atoms with Crippen molar-refractivity contribution in [3.8, 4) is 11.5 Å². The van der Waals surface area contributed by atoms with Crippen molar-refractivity contribution < 1.29 is 4.42 Å². The maximum Gasteiger partial charge on any atom is 0.247 e. The SMILES string of the molecule is CC(c1nnc(-c2cccc(Cl)c2)o1)N1CCc2ccccc2C1. The highest BCUT2D eigenvalue weighted by Gasteiger charge is 2.25. The monoisotopic (exact) mass is 339 g/mol.